The summed E-state index contributed by atoms with van der Waals surface area (Å²) < 4.78 is 31.0. The molecule has 16 heteroatoms. The van der Waals surface area contributed by atoms with E-state index in [4.69, 9.17) is 19.5 Å². The minimum Gasteiger partial charge on any atom is -0.508 e. The summed E-state index contributed by atoms with van der Waals surface area (Å²) in [6.45, 7) is 3.42. The first-order valence-electron chi connectivity index (χ1n) is 16.5. The number of hydrogen-bond acceptors (Lipinski definition) is 14. The van der Waals surface area contributed by atoms with Crippen molar-refractivity contribution >= 4 is 42.2 Å². The summed E-state index contributed by atoms with van der Waals surface area (Å²) in [7, 11) is 4.11. The van der Waals surface area contributed by atoms with Gasteiger partial charge in [0.15, 0.2) is 17.2 Å². The first kappa shape index (κ1) is 37.8. The number of hydrogen-bond donors (Lipinski definition) is 6. The smallest absolute Gasteiger partial charge is 0.357 e. The number of primary amides is 1. The van der Waals surface area contributed by atoms with Crippen LogP contribution in [0.4, 0.5) is 11.4 Å². The van der Waals surface area contributed by atoms with E-state index in [9.17, 15) is 39.4 Å². The van der Waals surface area contributed by atoms with Crippen molar-refractivity contribution in [3.8, 4) is 11.5 Å². The van der Waals surface area contributed by atoms with Crippen molar-refractivity contribution in [2.24, 2.45) is 17.6 Å². The Hall–Kier alpha value is -4.40. The molecule has 15 nitrogen and oxygen atoms in total. The number of benzene rings is 2. The van der Waals surface area contributed by atoms with Gasteiger partial charge < -0.3 is 50.2 Å². The highest BCUT2D eigenvalue weighted by Crippen LogP contribution is 2.62. The number of phenolic OH excluding ortho intramolecular Hbond substituents is 1. The van der Waals surface area contributed by atoms with E-state index in [2.05, 4.69) is 5.32 Å². The molecule has 1 fully saturated rings. The molecule has 0 radical (unpaired) electrons. The molecule has 1 amide bonds. The molecule has 276 valence electrons. The van der Waals surface area contributed by atoms with Gasteiger partial charge in [0, 0.05) is 31.3 Å². The number of aliphatic hydroxyl groups excluding tert-OH is 2. The first-order valence-corrected chi connectivity index (χ1v) is 18.1. The number of aliphatic hydroxyl groups is 3. The van der Waals surface area contributed by atoms with Crippen molar-refractivity contribution < 1.29 is 53.2 Å². The van der Waals surface area contributed by atoms with E-state index in [1.54, 1.807) is 77.3 Å². The number of rotatable bonds is 12. The van der Waals surface area contributed by atoms with E-state index in [-0.39, 0.29) is 42.9 Å². The van der Waals surface area contributed by atoms with Gasteiger partial charge in [0.25, 0.3) is 5.91 Å². The van der Waals surface area contributed by atoms with Crippen LogP contribution in [0.15, 0.2) is 47.2 Å². The molecule has 5 rings (SSSR count). The van der Waals surface area contributed by atoms with Crippen LogP contribution in [0.25, 0.3) is 5.76 Å². The van der Waals surface area contributed by atoms with Crippen LogP contribution in [0.5, 0.6) is 11.5 Å². The molecule has 0 bridgehead atoms. The predicted octanol–water partition coefficient (Wildman–Crippen LogP) is 3.42. The number of nitrogens with zero attached hydrogens (tertiary/aromatic N) is 2. The molecule has 7 N–H and O–H groups in total. The lowest BCUT2D eigenvalue weighted by Crippen LogP contribution is -2.65. The Bertz CT molecular complexity index is 1860. The maximum absolute atomic E-state index is 14.4. The molecule has 3 aliphatic carbocycles. The van der Waals surface area contributed by atoms with Gasteiger partial charge in [-0.1, -0.05) is 12.1 Å². The maximum Gasteiger partial charge on any atom is 0.357 e. The minimum absolute atomic E-state index is 0.0121. The fourth-order valence-corrected chi connectivity index (χ4v) is 9.55. The first-order chi connectivity index (χ1) is 24.0. The van der Waals surface area contributed by atoms with E-state index in [0.29, 0.717) is 22.6 Å². The number of Topliss-reactive ketones (excluding diaryl/α,β-unsaturated/α-hetero) is 2. The van der Waals surface area contributed by atoms with Crippen molar-refractivity contribution in [2.75, 3.05) is 58.7 Å². The van der Waals surface area contributed by atoms with E-state index >= 15 is 0 Å². The lowest BCUT2D eigenvalue weighted by atomic mass is 9.57. The number of likely N-dealkylation sites (N-methyl/N-ethyl adjacent to an activating group) is 1. The van der Waals surface area contributed by atoms with Crippen LogP contribution < -0.4 is 20.7 Å². The van der Waals surface area contributed by atoms with Crippen LogP contribution in [-0.4, -0.2) is 103 Å². The predicted molar refractivity (Wildman–Crippen MR) is 189 cm³/mol. The highest BCUT2D eigenvalue weighted by molar-refractivity contribution is 7.54. The van der Waals surface area contributed by atoms with Crippen molar-refractivity contribution in [3.63, 3.8) is 0 Å². The molecule has 2 aromatic rings. The van der Waals surface area contributed by atoms with Gasteiger partial charge in [-0.25, -0.2) is 0 Å². The zero-order valence-electron chi connectivity index (χ0n) is 29.6. The van der Waals surface area contributed by atoms with Gasteiger partial charge >= 0.3 is 7.60 Å². The number of nitrogens with one attached hydrogen (secondary N) is 1. The van der Waals surface area contributed by atoms with E-state index < -0.39 is 77.2 Å². The summed E-state index contributed by atoms with van der Waals surface area (Å²) in [4.78, 5) is 43.3. The molecule has 2 aromatic carbocycles. The Morgan fingerprint density at radius 1 is 1.08 bits per heavy atom. The summed E-state index contributed by atoms with van der Waals surface area (Å²) in [6.07, 6.45) is 0.0407. The second kappa shape index (κ2) is 14.0. The summed E-state index contributed by atoms with van der Waals surface area (Å²) in [5.41, 5.74) is 2.83. The topological polar surface area (TPSA) is 221 Å². The van der Waals surface area contributed by atoms with E-state index in [0.717, 1.165) is 0 Å². The van der Waals surface area contributed by atoms with Crippen molar-refractivity contribution in [2.45, 2.75) is 44.1 Å². The van der Waals surface area contributed by atoms with E-state index in [1.807, 2.05) is 0 Å². The van der Waals surface area contributed by atoms with Crippen molar-refractivity contribution in [1.29, 1.82) is 0 Å². The third-order valence-electron chi connectivity index (χ3n) is 9.84. The highest BCUT2D eigenvalue weighted by Gasteiger charge is 2.64. The van der Waals surface area contributed by atoms with Gasteiger partial charge in [0.2, 0.25) is 5.78 Å². The quantitative estimate of drug-likeness (QED) is 0.105. The summed E-state index contributed by atoms with van der Waals surface area (Å²) in [5, 5.41) is 50.1. The number of anilines is 2. The van der Waals surface area contributed by atoms with Crippen LogP contribution in [0.2, 0.25) is 0 Å². The SMILES string of the molecule is CCOP(=O)(OCC)C(Nc1cc(N(C)C)c2c(c1O)C(O)=C1C(=O)[C@@]3(O)C(O)=C(C(N)=O)C(=O)[C@H](N(C)C)[C@H]3C[C@H]1C2)c1ccc(OC)cc1. The van der Waals surface area contributed by atoms with Gasteiger partial charge in [-0.2, -0.15) is 0 Å². The summed E-state index contributed by atoms with van der Waals surface area (Å²) >= 11 is 0. The molecule has 0 aromatic heterocycles. The van der Waals surface area contributed by atoms with E-state index in [1.165, 1.54) is 12.0 Å². The van der Waals surface area contributed by atoms with Gasteiger partial charge in [-0.05, 0) is 76.0 Å². The van der Waals surface area contributed by atoms with Gasteiger partial charge in [-0.15, -0.1) is 0 Å². The largest absolute Gasteiger partial charge is 0.508 e. The third-order valence-corrected chi connectivity index (χ3v) is 12.1. The number of carbonyl (C=O) groups is 3. The van der Waals surface area contributed by atoms with Crippen LogP contribution in [0.1, 0.15) is 42.7 Å². The summed E-state index contributed by atoms with van der Waals surface area (Å²) in [6, 6.07) is 7.09. The standard InChI is InChI=1S/C35H45N4O11P/c1-8-49-51(47,50-9-2)34(17-10-12-19(48-7)13-11-17)37-22-16-23(38(3)4)20-14-18-15-21-27(39(5)6)30(42)26(33(36)45)32(44)35(21,46)31(43)24(18)29(41)25(20)28(22)40/h10-13,16,18,21,27,34,37,40-41,44,46H,8-9,14-15H2,1-7H3,(H2,36,45)/t18-,21-,27-,34?,35-/m1/s1. The number of ether oxygens (including phenoxy) is 1. The van der Waals surface area contributed by atoms with Gasteiger partial charge in [0.05, 0.1) is 37.6 Å². The molecule has 0 spiro atoms. The number of amides is 1. The molecular weight excluding hydrogens is 683 g/mol. The Kier molecular flexibility index (Phi) is 10.4. The molecule has 0 saturated heterocycles. The zero-order chi connectivity index (χ0) is 37.7. The number of phenols is 1. The Balaban J connectivity index is 1.72. The highest BCUT2D eigenvalue weighted by atomic mass is 31.2. The number of methoxy groups -OCH3 is 1. The van der Waals surface area contributed by atoms with Gasteiger partial charge in [0.1, 0.15) is 28.6 Å². The Morgan fingerprint density at radius 2 is 1.69 bits per heavy atom. The number of ketones is 2. The normalized spacial score (nSPS) is 23.8. The molecule has 1 saturated carbocycles. The number of carbonyl (C=O) groups excluding carboxylic acids is 3. The number of fused-ring (bicyclic) bond motifs is 3. The molecule has 3 aliphatic rings. The fraction of sp³-hybridized carbons (Fsp3) is 0.457. The average molecular weight is 729 g/mol. The molecular formula is C35H45N4O11P. The zero-order valence-corrected chi connectivity index (χ0v) is 30.5. The Labute approximate surface area is 295 Å². The Morgan fingerprint density at radius 3 is 2.20 bits per heavy atom. The van der Waals surface area contributed by atoms with Crippen LogP contribution in [0, 0.1) is 11.8 Å². The van der Waals surface area contributed by atoms with Crippen LogP contribution in [-0.2, 0) is 34.4 Å². The minimum atomic E-state index is -3.98. The number of nitrogens with two attached hydrogens (primary N) is 1. The van der Waals surface area contributed by atoms with Crippen LogP contribution in [0.3, 0.4) is 0 Å². The second-order valence-electron chi connectivity index (χ2n) is 13.2. The fourth-order valence-electron chi connectivity index (χ4n) is 7.63. The average Bonchev–Trinajstić information content (AvgIpc) is 3.05. The third kappa shape index (κ3) is 6.06. The lowest BCUT2D eigenvalue weighted by molar-refractivity contribution is -0.153. The molecule has 1 unspecified atom stereocenters. The number of aromatic hydroxyl groups is 1. The molecule has 0 heterocycles. The molecule has 0 aliphatic heterocycles. The second-order valence-corrected chi connectivity index (χ2v) is 15.3. The molecule has 5 atom stereocenters. The summed E-state index contributed by atoms with van der Waals surface area (Å²) in [5.74, 6) is -8.17. The lowest BCUT2D eigenvalue weighted by Gasteiger charge is -2.50. The van der Waals surface area contributed by atoms with Crippen molar-refractivity contribution in [1.82, 2.24) is 4.90 Å². The monoisotopic (exact) mass is 728 g/mol. The van der Waals surface area contributed by atoms with Crippen molar-refractivity contribution in [3.05, 3.63) is 63.9 Å². The molecule has 51 heavy (non-hydrogen) atoms. The van der Waals surface area contributed by atoms with Gasteiger partial charge in [-0.3, -0.25) is 23.8 Å². The van der Waals surface area contributed by atoms with Crippen LogP contribution >= 0.6 is 7.60 Å². The maximum atomic E-state index is 14.4.